The van der Waals surface area contributed by atoms with E-state index >= 15 is 0 Å². The molecule has 1 aliphatic carbocycles. The van der Waals surface area contributed by atoms with Crippen molar-refractivity contribution in [1.82, 2.24) is 4.98 Å². The van der Waals surface area contributed by atoms with Crippen LogP contribution >= 0.6 is 0 Å². The van der Waals surface area contributed by atoms with Crippen molar-refractivity contribution >= 4 is 11.1 Å². The van der Waals surface area contributed by atoms with Crippen LogP contribution in [-0.2, 0) is 0 Å². The van der Waals surface area contributed by atoms with Crippen LogP contribution in [0.15, 0.2) is 27.4 Å². The summed E-state index contributed by atoms with van der Waals surface area (Å²) in [7, 11) is 0. The van der Waals surface area contributed by atoms with Crippen molar-refractivity contribution in [1.29, 1.82) is 0 Å². The maximum Gasteiger partial charge on any atom is 0.417 e. The molecule has 5 heteroatoms. The highest BCUT2D eigenvalue weighted by Crippen LogP contribution is 2.35. The van der Waals surface area contributed by atoms with Gasteiger partial charge in [0.15, 0.2) is 5.58 Å². The number of hydrogen-bond acceptors (Lipinski definition) is 4. The second-order valence-electron chi connectivity index (χ2n) is 4.79. The number of hydrogen-bond donors (Lipinski definition) is 3. The second kappa shape index (κ2) is 3.72. The van der Waals surface area contributed by atoms with Gasteiger partial charge in [-0.1, -0.05) is 6.07 Å². The molecule has 17 heavy (non-hydrogen) atoms. The number of aromatic nitrogens is 1. The van der Waals surface area contributed by atoms with E-state index in [9.17, 15) is 4.79 Å². The average Bonchev–Trinajstić information content (AvgIpc) is 2.62. The lowest BCUT2D eigenvalue weighted by molar-refractivity contribution is 0.224. The van der Waals surface area contributed by atoms with Crippen LogP contribution in [0.25, 0.3) is 11.1 Å². The molecule has 0 aliphatic heterocycles. The minimum atomic E-state index is -0.434. The van der Waals surface area contributed by atoms with Crippen molar-refractivity contribution < 1.29 is 4.42 Å². The van der Waals surface area contributed by atoms with E-state index in [-0.39, 0.29) is 6.04 Å². The Morgan fingerprint density at radius 3 is 2.88 bits per heavy atom. The minimum Gasteiger partial charge on any atom is -0.408 e. The molecule has 1 saturated carbocycles. The molecule has 1 heterocycles. The van der Waals surface area contributed by atoms with Crippen LogP contribution in [-0.4, -0.2) is 11.0 Å². The molecule has 3 rings (SSSR count). The number of nitrogens with one attached hydrogen (secondary N) is 1. The Bertz CT molecular complexity index is 595. The summed E-state index contributed by atoms with van der Waals surface area (Å²) in [5, 5.41) is 0. The fraction of sp³-hybridized carbons (Fsp3) is 0.417. The van der Waals surface area contributed by atoms with E-state index in [0.717, 1.165) is 18.4 Å². The molecule has 0 bridgehead atoms. The van der Waals surface area contributed by atoms with Crippen LogP contribution in [0.5, 0.6) is 0 Å². The van der Waals surface area contributed by atoms with Crippen LogP contribution < -0.4 is 17.2 Å². The second-order valence-corrected chi connectivity index (χ2v) is 4.79. The van der Waals surface area contributed by atoms with Gasteiger partial charge in [0.1, 0.15) is 0 Å². The zero-order valence-corrected chi connectivity index (χ0v) is 9.35. The number of rotatable bonds is 2. The topological polar surface area (TPSA) is 98.0 Å². The molecular formula is C12H15N3O2. The molecule has 5 N–H and O–H groups in total. The lowest BCUT2D eigenvalue weighted by atomic mass is 9.74. The van der Waals surface area contributed by atoms with Crippen molar-refractivity contribution in [3.63, 3.8) is 0 Å². The van der Waals surface area contributed by atoms with Crippen molar-refractivity contribution in [3.8, 4) is 0 Å². The van der Waals surface area contributed by atoms with E-state index < -0.39 is 5.76 Å². The van der Waals surface area contributed by atoms with E-state index in [1.807, 2.05) is 12.1 Å². The lowest BCUT2D eigenvalue weighted by Gasteiger charge is -2.36. The third kappa shape index (κ3) is 1.77. The number of H-pyrrole nitrogens is 1. The van der Waals surface area contributed by atoms with Gasteiger partial charge in [-0.3, -0.25) is 4.98 Å². The number of benzene rings is 1. The third-order valence-corrected chi connectivity index (χ3v) is 3.55. The summed E-state index contributed by atoms with van der Waals surface area (Å²) in [5.41, 5.74) is 14.2. The van der Waals surface area contributed by atoms with Crippen molar-refractivity contribution in [2.24, 2.45) is 17.4 Å². The normalized spacial score (nSPS) is 25.8. The predicted octanol–water partition coefficient (Wildman–Crippen LogP) is 0.858. The molecule has 0 amide bonds. The first-order chi connectivity index (χ1) is 8.13. The van der Waals surface area contributed by atoms with E-state index in [0.29, 0.717) is 23.1 Å². The Morgan fingerprint density at radius 1 is 1.41 bits per heavy atom. The molecule has 90 valence electrons. The molecule has 2 aromatic rings. The van der Waals surface area contributed by atoms with Crippen LogP contribution in [0, 0.1) is 5.92 Å². The van der Waals surface area contributed by atoms with Crippen molar-refractivity contribution in [2.75, 3.05) is 0 Å². The highest BCUT2D eigenvalue weighted by molar-refractivity contribution is 5.72. The first-order valence-electron chi connectivity index (χ1n) is 5.77. The lowest BCUT2D eigenvalue weighted by Crippen LogP contribution is -2.41. The van der Waals surface area contributed by atoms with Gasteiger partial charge in [0.2, 0.25) is 0 Å². The van der Waals surface area contributed by atoms with Crippen molar-refractivity contribution in [3.05, 3.63) is 34.3 Å². The Balaban J connectivity index is 1.92. The van der Waals surface area contributed by atoms with Gasteiger partial charge in [-0.05, 0) is 36.5 Å². The van der Waals surface area contributed by atoms with Gasteiger partial charge in [-0.25, -0.2) is 4.79 Å². The molecule has 1 aromatic carbocycles. The van der Waals surface area contributed by atoms with E-state index in [4.69, 9.17) is 15.9 Å². The van der Waals surface area contributed by atoms with Gasteiger partial charge >= 0.3 is 5.76 Å². The summed E-state index contributed by atoms with van der Waals surface area (Å²) in [6.45, 7) is 0. The molecule has 0 spiro atoms. The first kappa shape index (κ1) is 10.6. The molecule has 1 fully saturated rings. The largest absolute Gasteiger partial charge is 0.417 e. The Morgan fingerprint density at radius 2 is 2.18 bits per heavy atom. The monoisotopic (exact) mass is 233 g/mol. The van der Waals surface area contributed by atoms with Crippen LogP contribution in [0.3, 0.4) is 0 Å². The van der Waals surface area contributed by atoms with E-state index in [1.54, 1.807) is 6.07 Å². The maximum atomic E-state index is 11.0. The number of fused-ring (bicyclic) bond motifs is 1. The zero-order chi connectivity index (χ0) is 12.0. The van der Waals surface area contributed by atoms with E-state index in [1.165, 1.54) is 0 Å². The Hall–Kier alpha value is -1.59. The molecule has 1 aromatic heterocycles. The van der Waals surface area contributed by atoms with Gasteiger partial charge < -0.3 is 15.9 Å². The summed E-state index contributed by atoms with van der Waals surface area (Å²) >= 11 is 0. The molecule has 5 nitrogen and oxygen atoms in total. The smallest absolute Gasteiger partial charge is 0.408 e. The Labute approximate surface area is 97.8 Å². The zero-order valence-electron chi connectivity index (χ0n) is 9.35. The molecule has 1 unspecified atom stereocenters. The van der Waals surface area contributed by atoms with Gasteiger partial charge in [-0.2, -0.15) is 0 Å². The molecule has 1 aliphatic rings. The number of aromatic amines is 1. The summed E-state index contributed by atoms with van der Waals surface area (Å²) in [5.74, 6) is 0.0115. The van der Waals surface area contributed by atoms with Crippen molar-refractivity contribution in [2.45, 2.75) is 24.9 Å². The molecule has 1 atom stereocenters. The van der Waals surface area contributed by atoms with Gasteiger partial charge in [0.25, 0.3) is 0 Å². The van der Waals surface area contributed by atoms with Gasteiger partial charge in [0, 0.05) is 12.1 Å². The summed E-state index contributed by atoms with van der Waals surface area (Å²) < 4.78 is 4.95. The number of nitrogens with two attached hydrogens (primary N) is 2. The standard InChI is InChI=1S/C12H15N3O2/c13-8-3-7(4-8)11(14)6-1-2-10-9(5-6)15-12(16)17-10/h1-2,5,7-8,11H,3-4,13-14H2,(H,15,16). The predicted molar refractivity (Wildman–Crippen MR) is 64.5 cm³/mol. The van der Waals surface area contributed by atoms with Crippen LogP contribution in [0.2, 0.25) is 0 Å². The highest BCUT2D eigenvalue weighted by atomic mass is 16.4. The number of oxazole rings is 1. The summed E-state index contributed by atoms with van der Waals surface area (Å²) in [6.07, 6.45) is 1.95. The first-order valence-corrected chi connectivity index (χ1v) is 5.77. The minimum absolute atomic E-state index is 0.0161. The van der Waals surface area contributed by atoms with Gasteiger partial charge in [-0.15, -0.1) is 0 Å². The summed E-state index contributed by atoms with van der Waals surface area (Å²) in [4.78, 5) is 13.7. The highest BCUT2D eigenvalue weighted by Gasteiger charge is 2.31. The van der Waals surface area contributed by atoms with Crippen LogP contribution in [0.1, 0.15) is 24.4 Å². The Kier molecular flexibility index (Phi) is 2.31. The quantitative estimate of drug-likeness (QED) is 0.716. The fourth-order valence-corrected chi connectivity index (χ4v) is 2.45. The molecule has 0 saturated heterocycles. The van der Waals surface area contributed by atoms with Crippen LogP contribution in [0.4, 0.5) is 0 Å². The molecular weight excluding hydrogens is 218 g/mol. The van der Waals surface area contributed by atoms with Gasteiger partial charge in [0.05, 0.1) is 5.52 Å². The summed E-state index contributed by atoms with van der Waals surface area (Å²) in [6, 6.07) is 5.85. The molecule has 0 radical (unpaired) electrons. The fourth-order valence-electron chi connectivity index (χ4n) is 2.45. The SMILES string of the molecule is NC1CC(C(N)c2ccc3oc(=O)[nH]c3c2)C1. The maximum absolute atomic E-state index is 11.0. The third-order valence-electron chi connectivity index (χ3n) is 3.55. The van der Waals surface area contributed by atoms with E-state index in [2.05, 4.69) is 4.98 Å². The average molecular weight is 233 g/mol.